The van der Waals surface area contributed by atoms with E-state index in [-0.39, 0.29) is 24.1 Å². The molecule has 2 aromatic rings. The Bertz CT molecular complexity index is 1060. The average molecular weight is 445 g/mol. The molecule has 2 heterocycles. The second-order valence-electron chi connectivity index (χ2n) is 8.45. The van der Waals surface area contributed by atoms with E-state index < -0.39 is 11.7 Å². The Morgan fingerprint density at radius 2 is 1.87 bits per heavy atom. The minimum absolute atomic E-state index is 0.155. The number of aromatic nitrogens is 2. The van der Waals surface area contributed by atoms with Crippen molar-refractivity contribution in [3.05, 3.63) is 51.4 Å². The van der Waals surface area contributed by atoms with Crippen LogP contribution in [0.2, 0.25) is 0 Å². The van der Waals surface area contributed by atoms with Crippen molar-refractivity contribution in [3.8, 4) is 5.69 Å². The van der Waals surface area contributed by atoms with E-state index in [1.54, 1.807) is 40.8 Å². The second-order valence-corrected chi connectivity index (χ2v) is 9.23. The van der Waals surface area contributed by atoms with Crippen molar-refractivity contribution in [2.45, 2.75) is 57.5 Å². The summed E-state index contributed by atoms with van der Waals surface area (Å²) in [5.74, 6) is -0.191. The molecule has 1 aliphatic rings. The Morgan fingerprint density at radius 3 is 2.42 bits per heavy atom. The second kappa shape index (κ2) is 8.74. The summed E-state index contributed by atoms with van der Waals surface area (Å²) < 4.78 is 7.08. The summed E-state index contributed by atoms with van der Waals surface area (Å²) in [4.78, 5) is 44.2. The Labute approximate surface area is 186 Å². The van der Waals surface area contributed by atoms with Gasteiger partial charge >= 0.3 is 6.09 Å². The fourth-order valence-electron chi connectivity index (χ4n) is 3.47. The minimum atomic E-state index is -0.598. The number of carbonyl (C=O) groups is 2. The van der Waals surface area contributed by atoms with E-state index in [1.807, 2.05) is 34.0 Å². The van der Waals surface area contributed by atoms with Gasteiger partial charge in [0.1, 0.15) is 5.60 Å². The van der Waals surface area contributed by atoms with Gasteiger partial charge < -0.3 is 10.1 Å². The zero-order chi connectivity index (χ0) is 22.9. The van der Waals surface area contributed by atoms with Gasteiger partial charge in [-0.3, -0.25) is 19.1 Å². The molecule has 0 saturated carbocycles. The first-order chi connectivity index (χ1) is 14.6. The van der Waals surface area contributed by atoms with Gasteiger partial charge in [-0.2, -0.15) is 0 Å². The molecule has 0 fully saturated rings. The molecule has 0 unspecified atom stereocenters. The molecule has 166 valence electrons. The lowest BCUT2D eigenvalue weighted by Gasteiger charge is -2.35. The maximum Gasteiger partial charge on any atom is 0.410 e. The van der Waals surface area contributed by atoms with Crippen molar-refractivity contribution in [1.29, 1.82) is 0 Å². The van der Waals surface area contributed by atoms with Crippen LogP contribution < -0.4 is 10.9 Å². The molecule has 0 saturated heterocycles. The number of carbonyl (C=O) groups excluding carboxylic acids is 2. The van der Waals surface area contributed by atoms with Crippen LogP contribution >= 0.6 is 11.8 Å². The van der Waals surface area contributed by atoms with Crippen molar-refractivity contribution in [2.24, 2.45) is 0 Å². The lowest BCUT2D eigenvalue weighted by atomic mass is 10.00. The van der Waals surface area contributed by atoms with E-state index in [0.29, 0.717) is 34.1 Å². The predicted molar refractivity (Wildman–Crippen MR) is 120 cm³/mol. The third-order valence-electron chi connectivity index (χ3n) is 5.01. The van der Waals surface area contributed by atoms with Crippen LogP contribution in [0.3, 0.4) is 0 Å². The zero-order valence-corrected chi connectivity index (χ0v) is 19.5. The topological polar surface area (TPSA) is 93.5 Å². The lowest BCUT2D eigenvalue weighted by molar-refractivity contribution is 0.0132. The predicted octanol–water partition coefficient (Wildman–Crippen LogP) is 3.00. The summed E-state index contributed by atoms with van der Waals surface area (Å²) in [7, 11) is 1.57. The van der Waals surface area contributed by atoms with Crippen molar-refractivity contribution in [1.82, 2.24) is 19.8 Å². The summed E-state index contributed by atoms with van der Waals surface area (Å²) in [6.07, 6.45) is 1.83. The van der Waals surface area contributed by atoms with Gasteiger partial charge in [0.15, 0.2) is 5.16 Å². The number of hydrogen-bond donors (Lipinski definition) is 1. The number of hydrogen-bond acceptors (Lipinski definition) is 6. The number of ether oxygens (including phenoxy) is 1. The zero-order valence-electron chi connectivity index (χ0n) is 18.7. The highest BCUT2D eigenvalue weighted by Crippen LogP contribution is 2.25. The Balaban J connectivity index is 2.01. The van der Waals surface area contributed by atoms with Crippen LogP contribution in [0.25, 0.3) is 5.69 Å². The van der Waals surface area contributed by atoms with Crippen molar-refractivity contribution < 1.29 is 14.3 Å². The van der Waals surface area contributed by atoms with Crippen LogP contribution in [0.5, 0.6) is 0 Å². The molecule has 9 heteroatoms. The molecule has 1 aliphatic heterocycles. The van der Waals surface area contributed by atoms with Gasteiger partial charge in [-0.25, -0.2) is 9.78 Å². The molecule has 2 amide bonds. The summed E-state index contributed by atoms with van der Waals surface area (Å²) in [6, 6.07) is 6.63. The number of nitrogens with one attached hydrogen (secondary N) is 1. The molecule has 1 aromatic heterocycles. The van der Waals surface area contributed by atoms with Gasteiger partial charge in [-0.15, -0.1) is 0 Å². The number of benzene rings is 1. The summed E-state index contributed by atoms with van der Waals surface area (Å²) >= 11 is 1.35. The Morgan fingerprint density at radius 1 is 1.23 bits per heavy atom. The molecule has 31 heavy (non-hydrogen) atoms. The highest BCUT2D eigenvalue weighted by molar-refractivity contribution is 7.98. The van der Waals surface area contributed by atoms with E-state index in [4.69, 9.17) is 9.72 Å². The third-order valence-corrected chi connectivity index (χ3v) is 5.65. The van der Waals surface area contributed by atoms with Crippen molar-refractivity contribution >= 4 is 23.8 Å². The quantitative estimate of drug-likeness (QED) is 0.578. The normalized spacial score (nSPS) is 15.9. The van der Waals surface area contributed by atoms with Crippen LogP contribution in [-0.4, -0.2) is 51.4 Å². The fourth-order valence-corrected chi connectivity index (χ4v) is 4.05. The molecule has 0 spiro atoms. The Kier molecular flexibility index (Phi) is 6.45. The Hall–Kier alpha value is -2.81. The molecule has 1 N–H and O–H groups in total. The van der Waals surface area contributed by atoms with Crippen LogP contribution in [0.4, 0.5) is 4.79 Å². The molecular weight excluding hydrogens is 416 g/mol. The molecule has 0 bridgehead atoms. The van der Waals surface area contributed by atoms with E-state index in [9.17, 15) is 14.4 Å². The largest absolute Gasteiger partial charge is 0.444 e. The van der Waals surface area contributed by atoms with Gasteiger partial charge in [0.05, 0.1) is 17.9 Å². The molecular formula is C22H28N4O4S. The highest BCUT2D eigenvalue weighted by Gasteiger charge is 2.33. The SMILES string of the molecule is CNC(=O)c1ccc(-n2c(SC)nc3c(c2=O)C[C@@H](C)N(C(=O)OC(C)(C)C)C3)cc1. The molecule has 0 aliphatic carbocycles. The van der Waals surface area contributed by atoms with Crippen molar-refractivity contribution in [3.63, 3.8) is 0 Å². The first-order valence-corrected chi connectivity index (χ1v) is 11.3. The summed E-state index contributed by atoms with van der Waals surface area (Å²) in [5.41, 5.74) is 1.59. The van der Waals surface area contributed by atoms with Crippen LogP contribution in [0, 0.1) is 0 Å². The van der Waals surface area contributed by atoms with Gasteiger partial charge in [0, 0.05) is 30.6 Å². The van der Waals surface area contributed by atoms with Gasteiger partial charge in [0.25, 0.3) is 11.5 Å². The lowest BCUT2D eigenvalue weighted by Crippen LogP contribution is -2.47. The van der Waals surface area contributed by atoms with E-state index >= 15 is 0 Å². The molecule has 3 rings (SSSR count). The highest BCUT2D eigenvalue weighted by atomic mass is 32.2. The van der Waals surface area contributed by atoms with E-state index in [0.717, 1.165) is 0 Å². The van der Waals surface area contributed by atoms with Crippen LogP contribution in [-0.2, 0) is 17.7 Å². The number of nitrogens with zero attached hydrogens (tertiary/aromatic N) is 3. The van der Waals surface area contributed by atoms with E-state index in [1.165, 1.54) is 11.8 Å². The standard InChI is InChI=1S/C22H28N4O4S/c1-13-11-16-17(12-25(13)21(29)30-22(2,3)4)24-20(31-6)26(19(16)28)15-9-7-14(8-10-15)18(27)23-5/h7-10,13H,11-12H2,1-6H3,(H,23,27)/t13-/m1/s1. The third kappa shape index (κ3) is 4.76. The average Bonchev–Trinajstić information content (AvgIpc) is 2.72. The van der Waals surface area contributed by atoms with Gasteiger partial charge in [-0.1, -0.05) is 11.8 Å². The smallest absolute Gasteiger partial charge is 0.410 e. The maximum absolute atomic E-state index is 13.4. The number of fused-ring (bicyclic) bond motifs is 1. The molecule has 1 atom stereocenters. The van der Waals surface area contributed by atoms with E-state index in [2.05, 4.69) is 5.32 Å². The summed E-state index contributed by atoms with van der Waals surface area (Å²) in [6.45, 7) is 7.60. The minimum Gasteiger partial charge on any atom is -0.444 e. The monoisotopic (exact) mass is 444 g/mol. The number of rotatable bonds is 3. The number of thioether (sulfide) groups is 1. The first-order valence-electron chi connectivity index (χ1n) is 10.1. The van der Waals surface area contributed by atoms with Gasteiger partial charge in [0.2, 0.25) is 0 Å². The van der Waals surface area contributed by atoms with Crippen molar-refractivity contribution in [2.75, 3.05) is 13.3 Å². The maximum atomic E-state index is 13.4. The van der Waals surface area contributed by atoms with Crippen LogP contribution in [0.1, 0.15) is 49.3 Å². The first kappa shape index (κ1) is 22.9. The molecule has 1 aromatic carbocycles. The summed E-state index contributed by atoms with van der Waals surface area (Å²) in [5, 5.41) is 3.10. The van der Waals surface area contributed by atoms with Crippen LogP contribution in [0.15, 0.2) is 34.2 Å². The number of amides is 2. The molecule has 8 nitrogen and oxygen atoms in total. The molecule has 0 radical (unpaired) electrons. The van der Waals surface area contributed by atoms with Gasteiger partial charge in [-0.05, 0) is 58.2 Å². The fraction of sp³-hybridized carbons (Fsp3) is 0.455.